The van der Waals surface area contributed by atoms with Crippen molar-refractivity contribution in [1.82, 2.24) is 9.21 Å². The van der Waals surface area contributed by atoms with Crippen molar-refractivity contribution < 1.29 is 13.2 Å². The summed E-state index contributed by atoms with van der Waals surface area (Å²) in [5.74, 6) is 0.295. The molecule has 0 bridgehead atoms. The van der Waals surface area contributed by atoms with Gasteiger partial charge in [-0.15, -0.1) is 12.4 Å². The minimum atomic E-state index is -3.48. The fourth-order valence-corrected chi connectivity index (χ4v) is 5.48. The van der Waals surface area contributed by atoms with Crippen LogP contribution in [-0.4, -0.2) is 55.8 Å². The Bertz CT molecular complexity index is 731. The number of nitrogens with zero attached hydrogens (tertiary/aromatic N) is 2. The molecule has 1 amide bonds. The fourth-order valence-electron chi connectivity index (χ4n) is 3.96. The molecule has 1 aromatic rings. The van der Waals surface area contributed by atoms with Crippen molar-refractivity contribution in [2.24, 2.45) is 11.7 Å². The van der Waals surface area contributed by atoms with Gasteiger partial charge in [0.1, 0.15) is 0 Å². The van der Waals surface area contributed by atoms with Gasteiger partial charge in [0.15, 0.2) is 0 Å². The van der Waals surface area contributed by atoms with Crippen molar-refractivity contribution in [3.8, 4) is 0 Å². The van der Waals surface area contributed by atoms with Crippen LogP contribution < -0.4 is 5.73 Å². The summed E-state index contributed by atoms with van der Waals surface area (Å²) in [6.45, 7) is 4.45. The van der Waals surface area contributed by atoms with E-state index in [1.807, 2.05) is 11.8 Å². The van der Waals surface area contributed by atoms with E-state index < -0.39 is 10.0 Å². The van der Waals surface area contributed by atoms with E-state index in [0.717, 1.165) is 32.1 Å². The number of carbonyl (C=O) groups excluding carboxylic acids is 1. The van der Waals surface area contributed by atoms with Gasteiger partial charge in [-0.2, -0.15) is 4.31 Å². The Morgan fingerprint density at radius 2 is 1.70 bits per heavy atom. The molecule has 2 N–H and O–H groups in total. The third-order valence-electron chi connectivity index (χ3n) is 5.56. The molecule has 0 aliphatic carbocycles. The Hall–Kier alpha value is -1.15. The lowest BCUT2D eigenvalue weighted by Crippen LogP contribution is -2.34. The number of hydrogen-bond donors (Lipinski definition) is 1. The van der Waals surface area contributed by atoms with E-state index in [9.17, 15) is 13.2 Å². The van der Waals surface area contributed by atoms with Gasteiger partial charge in [0.05, 0.1) is 4.90 Å². The number of amides is 1. The lowest BCUT2D eigenvalue weighted by Gasteiger charge is -2.22. The Balaban J connectivity index is 0.00000261. The van der Waals surface area contributed by atoms with Crippen LogP contribution in [0.15, 0.2) is 29.2 Å². The van der Waals surface area contributed by atoms with E-state index in [1.165, 1.54) is 0 Å². The highest BCUT2D eigenvalue weighted by Crippen LogP contribution is 2.25. The number of hydrogen-bond acceptors (Lipinski definition) is 4. The molecule has 152 valence electrons. The van der Waals surface area contributed by atoms with Gasteiger partial charge in [0.2, 0.25) is 10.0 Å². The van der Waals surface area contributed by atoms with Gasteiger partial charge < -0.3 is 10.6 Å². The van der Waals surface area contributed by atoms with Crippen LogP contribution in [0.1, 0.15) is 49.4 Å². The quantitative estimate of drug-likeness (QED) is 0.818. The second kappa shape index (κ2) is 9.37. The van der Waals surface area contributed by atoms with Crippen LogP contribution in [0.4, 0.5) is 0 Å². The number of carbonyl (C=O) groups is 1. The third kappa shape index (κ3) is 4.83. The van der Waals surface area contributed by atoms with Crippen molar-refractivity contribution in [3.63, 3.8) is 0 Å². The lowest BCUT2D eigenvalue weighted by atomic mass is 10.1. The molecule has 1 aromatic carbocycles. The van der Waals surface area contributed by atoms with Crippen LogP contribution in [0, 0.1) is 5.92 Å². The van der Waals surface area contributed by atoms with Crippen molar-refractivity contribution in [2.45, 2.75) is 50.0 Å². The van der Waals surface area contributed by atoms with Gasteiger partial charge in [-0.25, -0.2) is 8.42 Å². The highest BCUT2D eigenvalue weighted by Gasteiger charge is 2.32. The van der Waals surface area contributed by atoms with Crippen molar-refractivity contribution in [3.05, 3.63) is 29.8 Å². The van der Waals surface area contributed by atoms with Crippen molar-refractivity contribution >= 4 is 28.3 Å². The molecule has 0 saturated carbocycles. The molecule has 0 aromatic heterocycles. The molecule has 27 heavy (non-hydrogen) atoms. The average molecular weight is 416 g/mol. The number of benzene rings is 1. The normalized spacial score (nSPS) is 24.3. The van der Waals surface area contributed by atoms with E-state index in [4.69, 9.17) is 5.73 Å². The van der Waals surface area contributed by atoms with E-state index in [1.54, 1.807) is 28.6 Å². The predicted octanol–water partition coefficient (Wildman–Crippen LogP) is 2.48. The summed E-state index contributed by atoms with van der Waals surface area (Å²) in [5.41, 5.74) is 6.27. The van der Waals surface area contributed by atoms with Crippen molar-refractivity contribution in [2.75, 3.05) is 26.2 Å². The molecular weight excluding hydrogens is 386 g/mol. The summed E-state index contributed by atoms with van der Waals surface area (Å²) in [7, 11) is -3.48. The van der Waals surface area contributed by atoms with Gasteiger partial charge in [0, 0.05) is 31.2 Å². The molecule has 3 rings (SSSR count). The van der Waals surface area contributed by atoms with Gasteiger partial charge in [0.25, 0.3) is 5.91 Å². The summed E-state index contributed by atoms with van der Waals surface area (Å²) in [6.07, 6.45) is 4.90. The number of halogens is 1. The number of rotatable bonds is 4. The van der Waals surface area contributed by atoms with Crippen LogP contribution in [0.3, 0.4) is 0 Å². The van der Waals surface area contributed by atoms with Gasteiger partial charge in [-0.1, -0.05) is 12.8 Å². The first-order valence-corrected chi connectivity index (χ1v) is 11.0. The summed E-state index contributed by atoms with van der Waals surface area (Å²) >= 11 is 0. The molecule has 2 heterocycles. The topological polar surface area (TPSA) is 83.7 Å². The standard InChI is InChI=1S/C19H29N3O3S.ClH/c1-15-12-16(13-20)14-22(15)19(23)17-6-8-18(9-7-17)26(24,25)21-10-4-2-3-5-11-21;/h6-9,15-16H,2-5,10-14,20H2,1H3;1H. The molecule has 2 unspecified atom stereocenters. The summed E-state index contributed by atoms with van der Waals surface area (Å²) in [4.78, 5) is 14.9. The first-order valence-electron chi connectivity index (χ1n) is 9.54. The second-order valence-electron chi connectivity index (χ2n) is 7.49. The minimum Gasteiger partial charge on any atom is -0.336 e. The van der Waals surface area contributed by atoms with Gasteiger partial charge >= 0.3 is 0 Å². The highest BCUT2D eigenvalue weighted by atomic mass is 35.5. The molecule has 2 atom stereocenters. The van der Waals surface area contributed by atoms with Gasteiger partial charge in [-0.3, -0.25) is 4.79 Å². The summed E-state index contributed by atoms with van der Waals surface area (Å²) in [5, 5.41) is 0. The molecule has 0 radical (unpaired) electrons. The summed E-state index contributed by atoms with van der Waals surface area (Å²) in [6, 6.07) is 6.56. The van der Waals surface area contributed by atoms with Gasteiger partial charge in [-0.05, 0) is 62.9 Å². The van der Waals surface area contributed by atoms with Crippen molar-refractivity contribution in [1.29, 1.82) is 0 Å². The Kier molecular flexibility index (Phi) is 7.68. The Morgan fingerprint density at radius 3 is 2.22 bits per heavy atom. The number of nitrogens with two attached hydrogens (primary N) is 1. The van der Waals surface area contributed by atoms with E-state index in [-0.39, 0.29) is 29.3 Å². The zero-order chi connectivity index (χ0) is 18.7. The van der Waals surface area contributed by atoms with E-state index in [0.29, 0.717) is 37.7 Å². The maximum absolute atomic E-state index is 12.8. The van der Waals surface area contributed by atoms with Crippen LogP contribution in [0.2, 0.25) is 0 Å². The highest BCUT2D eigenvalue weighted by molar-refractivity contribution is 7.89. The molecule has 2 fully saturated rings. The van der Waals surface area contributed by atoms with Crippen LogP contribution in [0.25, 0.3) is 0 Å². The Labute approximate surface area is 168 Å². The molecule has 8 heteroatoms. The number of likely N-dealkylation sites (tertiary alicyclic amines) is 1. The molecule has 0 spiro atoms. The van der Waals surface area contributed by atoms with Crippen LogP contribution in [-0.2, 0) is 10.0 Å². The zero-order valence-electron chi connectivity index (χ0n) is 15.8. The predicted molar refractivity (Wildman–Crippen MR) is 109 cm³/mol. The smallest absolute Gasteiger partial charge is 0.254 e. The maximum atomic E-state index is 12.8. The molecule has 2 aliphatic heterocycles. The molecular formula is C19H30ClN3O3S. The lowest BCUT2D eigenvalue weighted by molar-refractivity contribution is 0.0743. The van der Waals surface area contributed by atoms with Crippen LogP contribution >= 0.6 is 12.4 Å². The molecule has 6 nitrogen and oxygen atoms in total. The fraction of sp³-hybridized carbons (Fsp3) is 0.632. The minimum absolute atomic E-state index is 0. The number of sulfonamides is 1. The summed E-state index contributed by atoms with van der Waals surface area (Å²) < 4.78 is 27.2. The Morgan fingerprint density at radius 1 is 1.11 bits per heavy atom. The third-order valence-corrected chi connectivity index (χ3v) is 7.47. The first kappa shape index (κ1) is 22.1. The zero-order valence-corrected chi connectivity index (χ0v) is 17.5. The van der Waals surface area contributed by atoms with E-state index in [2.05, 4.69) is 0 Å². The van der Waals surface area contributed by atoms with Crippen LogP contribution in [0.5, 0.6) is 0 Å². The largest absolute Gasteiger partial charge is 0.336 e. The molecule has 2 aliphatic rings. The SMILES string of the molecule is CC1CC(CN)CN1C(=O)c1ccc(S(=O)(=O)N2CCCCCC2)cc1.Cl. The monoisotopic (exact) mass is 415 g/mol. The second-order valence-corrected chi connectivity index (χ2v) is 9.42. The van der Waals surface area contributed by atoms with E-state index >= 15 is 0 Å². The maximum Gasteiger partial charge on any atom is 0.254 e. The average Bonchev–Trinajstić information content (AvgIpc) is 2.85. The first-order chi connectivity index (χ1) is 12.4. The molecule has 2 saturated heterocycles.